The normalized spacial score (nSPS) is 17.6. The molecule has 1 nitrogen and oxygen atoms in total. The number of para-hydroxylation sites is 1. The molecule has 0 saturated carbocycles. The van der Waals surface area contributed by atoms with Crippen molar-refractivity contribution in [1.82, 2.24) is 0 Å². The van der Waals surface area contributed by atoms with Crippen LogP contribution in [-0.2, 0) is 0 Å². The minimum absolute atomic E-state index is 0.288. The highest BCUT2D eigenvalue weighted by atomic mass is 14.9. The third-order valence-corrected chi connectivity index (χ3v) is 2.90. The van der Waals surface area contributed by atoms with Crippen LogP contribution in [0.2, 0.25) is 0 Å². The van der Waals surface area contributed by atoms with Gasteiger partial charge in [-0.3, -0.25) is 0 Å². The quantitative estimate of drug-likeness (QED) is 0.748. The van der Waals surface area contributed by atoms with Crippen LogP contribution in [0.5, 0.6) is 0 Å². The van der Waals surface area contributed by atoms with Crippen molar-refractivity contribution >= 4 is 11.8 Å². The van der Waals surface area contributed by atoms with Gasteiger partial charge in [0.2, 0.25) is 0 Å². The third-order valence-electron chi connectivity index (χ3n) is 2.90. The van der Waals surface area contributed by atoms with Crippen LogP contribution in [0.15, 0.2) is 60.7 Å². The minimum atomic E-state index is 0.288. The van der Waals surface area contributed by atoms with Gasteiger partial charge in [0.25, 0.3) is 0 Å². The number of fused-ring (bicyclic) bond motifs is 1. The Hall–Kier alpha value is -2.02. The van der Waals surface area contributed by atoms with E-state index in [1.807, 2.05) is 6.07 Å². The van der Waals surface area contributed by atoms with E-state index in [9.17, 15) is 0 Å². The number of anilines is 1. The Kier molecular flexibility index (Phi) is 2.22. The van der Waals surface area contributed by atoms with Gasteiger partial charge in [-0.2, -0.15) is 0 Å². The molecule has 1 N–H and O–H groups in total. The Morgan fingerprint density at radius 2 is 1.56 bits per heavy atom. The van der Waals surface area contributed by atoms with Gasteiger partial charge in [0, 0.05) is 5.69 Å². The van der Waals surface area contributed by atoms with E-state index in [0.29, 0.717) is 0 Å². The average Bonchev–Trinajstić information content (AvgIpc) is 2.39. The number of hydrogen-bond donors (Lipinski definition) is 1. The second-order valence-electron chi connectivity index (χ2n) is 3.98. The smallest absolute Gasteiger partial charge is 0.0701 e. The Morgan fingerprint density at radius 1 is 0.812 bits per heavy atom. The van der Waals surface area contributed by atoms with Crippen molar-refractivity contribution in [2.24, 2.45) is 0 Å². The van der Waals surface area contributed by atoms with Gasteiger partial charge < -0.3 is 5.32 Å². The lowest BCUT2D eigenvalue weighted by atomic mass is 10.0. The molecular weight excluding hydrogens is 194 g/mol. The fourth-order valence-electron chi connectivity index (χ4n) is 2.04. The van der Waals surface area contributed by atoms with Gasteiger partial charge >= 0.3 is 0 Å². The zero-order chi connectivity index (χ0) is 10.8. The van der Waals surface area contributed by atoms with Crippen molar-refractivity contribution < 1.29 is 0 Å². The molecule has 1 aliphatic heterocycles. The second kappa shape index (κ2) is 3.86. The van der Waals surface area contributed by atoms with Crippen LogP contribution in [0, 0.1) is 0 Å². The first kappa shape index (κ1) is 9.22. The molecule has 3 rings (SSSR count). The maximum absolute atomic E-state index is 3.53. The summed E-state index contributed by atoms with van der Waals surface area (Å²) >= 11 is 0. The van der Waals surface area contributed by atoms with Gasteiger partial charge in [0.15, 0.2) is 0 Å². The molecule has 2 aromatic carbocycles. The highest BCUT2D eigenvalue weighted by molar-refractivity contribution is 5.71. The third kappa shape index (κ3) is 1.61. The van der Waals surface area contributed by atoms with Crippen LogP contribution in [-0.4, -0.2) is 0 Å². The zero-order valence-corrected chi connectivity index (χ0v) is 8.93. The molecule has 78 valence electrons. The maximum atomic E-state index is 3.53. The summed E-state index contributed by atoms with van der Waals surface area (Å²) in [5.41, 5.74) is 3.77. The van der Waals surface area contributed by atoms with Crippen LogP contribution in [0.25, 0.3) is 6.08 Å². The molecule has 0 saturated heterocycles. The monoisotopic (exact) mass is 207 g/mol. The summed E-state index contributed by atoms with van der Waals surface area (Å²) < 4.78 is 0. The van der Waals surface area contributed by atoms with Crippen LogP contribution in [0.3, 0.4) is 0 Å². The van der Waals surface area contributed by atoms with Gasteiger partial charge in [-0.1, -0.05) is 60.7 Å². The average molecular weight is 207 g/mol. The Balaban J connectivity index is 1.95. The van der Waals surface area contributed by atoms with Gasteiger partial charge in [0.1, 0.15) is 0 Å². The van der Waals surface area contributed by atoms with E-state index in [-0.39, 0.29) is 6.04 Å². The van der Waals surface area contributed by atoms with Gasteiger partial charge in [-0.25, -0.2) is 0 Å². The summed E-state index contributed by atoms with van der Waals surface area (Å²) in [5, 5.41) is 3.53. The first-order valence-corrected chi connectivity index (χ1v) is 5.52. The van der Waals surface area contributed by atoms with E-state index in [1.54, 1.807) is 0 Å². The second-order valence-corrected chi connectivity index (χ2v) is 3.98. The first-order chi connectivity index (χ1) is 7.93. The summed E-state index contributed by atoms with van der Waals surface area (Å²) in [6, 6.07) is 19.2. The molecule has 0 unspecified atom stereocenters. The van der Waals surface area contributed by atoms with Crippen molar-refractivity contribution in [3.8, 4) is 0 Å². The molecule has 1 heterocycles. The Labute approximate surface area is 95.4 Å². The van der Waals surface area contributed by atoms with Crippen molar-refractivity contribution in [2.75, 3.05) is 5.32 Å². The Bertz CT molecular complexity index is 514. The molecule has 0 spiro atoms. The van der Waals surface area contributed by atoms with Crippen LogP contribution < -0.4 is 5.32 Å². The zero-order valence-electron chi connectivity index (χ0n) is 8.93. The van der Waals surface area contributed by atoms with Crippen LogP contribution in [0.1, 0.15) is 17.2 Å². The number of rotatable bonds is 1. The largest absolute Gasteiger partial charge is 0.374 e. The molecule has 16 heavy (non-hydrogen) atoms. The standard InChI is InChI=1S/C15H13N/c1-2-6-12(7-3-1)15-11-10-13-8-4-5-9-14(13)16-15/h1-11,15-16H/t15-/m0/s1. The molecule has 1 heteroatoms. The van der Waals surface area contributed by atoms with Crippen LogP contribution in [0.4, 0.5) is 5.69 Å². The summed E-state index contributed by atoms with van der Waals surface area (Å²) in [5.74, 6) is 0. The lowest BCUT2D eigenvalue weighted by Crippen LogP contribution is -2.11. The molecule has 0 bridgehead atoms. The fraction of sp³-hybridized carbons (Fsp3) is 0.0667. The van der Waals surface area contributed by atoms with Crippen molar-refractivity contribution in [2.45, 2.75) is 6.04 Å². The van der Waals surface area contributed by atoms with E-state index in [2.05, 4.69) is 66.0 Å². The van der Waals surface area contributed by atoms with Gasteiger partial charge in [-0.05, 0) is 17.2 Å². The summed E-state index contributed by atoms with van der Waals surface area (Å²) in [6.07, 6.45) is 4.39. The molecule has 0 radical (unpaired) electrons. The molecule has 1 aliphatic rings. The SMILES string of the molecule is C1=C[C@@H](c2ccccc2)Nc2ccccc21. The van der Waals surface area contributed by atoms with E-state index in [1.165, 1.54) is 16.8 Å². The molecule has 0 fully saturated rings. The molecule has 1 atom stereocenters. The summed E-state index contributed by atoms with van der Waals surface area (Å²) in [4.78, 5) is 0. The van der Waals surface area contributed by atoms with E-state index >= 15 is 0 Å². The van der Waals surface area contributed by atoms with Crippen molar-refractivity contribution in [3.05, 3.63) is 71.8 Å². The van der Waals surface area contributed by atoms with Gasteiger partial charge in [0.05, 0.1) is 6.04 Å². The highest BCUT2D eigenvalue weighted by Crippen LogP contribution is 2.29. The maximum Gasteiger partial charge on any atom is 0.0701 e. The lowest BCUT2D eigenvalue weighted by Gasteiger charge is -2.22. The number of benzene rings is 2. The highest BCUT2D eigenvalue weighted by Gasteiger charge is 2.12. The minimum Gasteiger partial charge on any atom is -0.374 e. The fourth-order valence-corrected chi connectivity index (χ4v) is 2.04. The lowest BCUT2D eigenvalue weighted by molar-refractivity contribution is 0.979. The predicted molar refractivity (Wildman–Crippen MR) is 68.3 cm³/mol. The van der Waals surface area contributed by atoms with E-state index < -0.39 is 0 Å². The summed E-state index contributed by atoms with van der Waals surface area (Å²) in [6.45, 7) is 0. The molecule has 2 aromatic rings. The van der Waals surface area contributed by atoms with Crippen LogP contribution >= 0.6 is 0 Å². The molecular formula is C15H13N. The number of nitrogens with one attached hydrogen (secondary N) is 1. The van der Waals surface area contributed by atoms with E-state index in [4.69, 9.17) is 0 Å². The van der Waals surface area contributed by atoms with Crippen molar-refractivity contribution in [1.29, 1.82) is 0 Å². The van der Waals surface area contributed by atoms with E-state index in [0.717, 1.165) is 0 Å². The number of hydrogen-bond acceptors (Lipinski definition) is 1. The van der Waals surface area contributed by atoms with Crippen molar-refractivity contribution in [3.63, 3.8) is 0 Å². The summed E-state index contributed by atoms with van der Waals surface area (Å²) in [7, 11) is 0. The molecule has 0 aromatic heterocycles. The molecule has 0 amide bonds. The van der Waals surface area contributed by atoms with Gasteiger partial charge in [-0.15, -0.1) is 0 Å². The predicted octanol–water partition coefficient (Wildman–Crippen LogP) is 3.87. The Morgan fingerprint density at radius 3 is 2.44 bits per heavy atom. The topological polar surface area (TPSA) is 12.0 Å². The first-order valence-electron chi connectivity index (χ1n) is 5.52. The molecule has 0 aliphatic carbocycles.